The molecule has 1 fully saturated rings. The molecule has 0 saturated carbocycles. The van der Waals surface area contributed by atoms with Crippen LogP contribution >= 0.6 is 0 Å². The molecular weight excluding hydrogens is 488 g/mol. The monoisotopic (exact) mass is 514 g/mol. The zero-order valence-electron chi connectivity index (χ0n) is 18.7. The van der Waals surface area contributed by atoms with Crippen LogP contribution in [0.2, 0.25) is 0 Å². The maximum Gasteiger partial charge on any atom is 0.270 e. The van der Waals surface area contributed by atoms with Gasteiger partial charge in [-0.15, -0.1) is 0 Å². The predicted molar refractivity (Wildman–Crippen MR) is 124 cm³/mol. The molecule has 1 heterocycles. The SMILES string of the molecule is COCCNS(=O)(=O)c1ccc(OC)c(N2CCN(S(=O)(=O)c3cccc([N+](=O)[O-])c3)CC2)c1. The Morgan fingerprint density at radius 2 is 1.71 bits per heavy atom. The number of ether oxygens (including phenoxy) is 2. The maximum absolute atomic E-state index is 13.0. The van der Waals surface area contributed by atoms with Crippen LogP contribution in [0.3, 0.4) is 0 Å². The Morgan fingerprint density at radius 1 is 1.00 bits per heavy atom. The van der Waals surface area contributed by atoms with E-state index in [9.17, 15) is 26.9 Å². The highest BCUT2D eigenvalue weighted by Gasteiger charge is 2.31. The molecule has 0 bridgehead atoms. The lowest BCUT2D eigenvalue weighted by atomic mass is 10.2. The minimum absolute atomic E-state index is 0.0473. The second-order valence-corrected chi connectivity index (χ2v) is 11.1. The summed E-state index contributed by atoms with van der Waals surface area (Å²) in [5.41, 5.74) is 0.214. The van der Waals surface area contributed by atoms with Gasteiger partial charge >= 0.3 is 0 Å². The molecule has 3 rings (SSSR count). The molecule has 1 aliphatic heterocycles. The van der Waals surface area contributed by atoms with Crippen LogP contribution in [0, 0.1) is 10.1 Å². The first kappa shape index (κ1) is 25.8. The van der Waals surface area contributed by atoms with Crippen molar-refractivity contribution in [2.24, 2.45) is 0 Å². The molecule has 0 aliphatic carbocycles. The molecule has 1 aliphatic rings. The first-order valence-corrected chi connectivity index (χ1v) is 13.2. The summed E-state index contributed by atoms with van der Waals surface area (Å²) >= 11 is 0. The predicted octanol–water partition coefficient (Wildman–Crippen LogP) is 1.04. The van der Waals surface area contributed by atoms with Gasteiger partial charge in [0.05, 0.1) is 34.1 Å². The molecule has 0 radical (unpaired) electrons. The van der Waals surface area contributed by atoms with Gasteiger partial charge in [0.1, 0.15) is 5.75 Å². The molecule has 2 aromatic carbocycles. The van der Waals surface area contributed by atoms with E-state index in [2.05, 4.69) is 4.72 Å². The Morgan fingerprint density at radius 3 is 2.32 bits per heavy atom. The van der Waals surface area contributed by atoms with Crippen LogP contribution in [0.25, 0.3) is 0 Å². The summed E-state index contributed by atoms with van der Waals surface area (Å²) in [5.74, 6) is 0.450. The third-order valence-electron chi connectivity index (χ3n) is 5.30. The molecule has 0 amide bonds. The van der Waals surface area contributed by atoms with Gasteiger partial charge < -0.3 is 14.4 Å². The van der Waals surface area contributed by atoms with Crippen molar-refractivity contribution in [2.75, 3.05) is 58.5 Å². The van der Waals surface area contributed by atoms with E-state index in [4.69, 9.17) is 9.47 Å². The van der Waals surface area contributed by atoms with E-state index in [0.29, 0.717) is 11.4 Å². The summed E-state index contributed by atoms with van der Waals surface area (Å²) in [7, 11) is -4.77. The lowest BCUT2D eigenvalue weighted by molar-refractivity contribution is -0.385. The normalized spacial score (nSPS) is 15.3. The van der Waals surface area contributed by atoms with Gasteiger partial charge in [0.2, 0.25) is 20.0 Å². The number of nitrogens with one attached hydrogen (secondary N) is 1. The van der Waals surface area contributed by atoms with Gasteiger partial charge in [0, 0.05) is 52.0 Å². The van der Waals surface area contributed by atoms with Crippen LogP contribution in [0.15, 0.2) is 52.3 Å². The summed E-state index contributed by atoms with van der Waals surface area (Å²) in [5, 5.41) is 11.0. The standard InChI is InChI=1S/C20H26N4O8S2/c1-31-13-8-21-33(27,28)17-6-7-20(32-2)19(15-17)22-9-11-23(12-10-22)34(29,30)18-5-3-4-16(14-18)24(25)26/h3-7,14-15,21H,8-13H2,1-2H3. The molecule has 1 N–H and O–H groups in total. The lowest BCUT2D eigenvalue weighted by Crippen LogP contribution is -2.48. The van der Waals surface area contributed by atoms with E-state index in [1.54, 1.807) is 6.07 Å². The summed E-state index contributed by atoms with van der Waals surface area (Å²) in [6.45, 7) is 1.10. The fraction of sp³-hybridized carbons (Fsp3) is 0.400. The number of methoxy groups -OCH3 is 2. The van der Waals surface area contributed by atoms with Crippen molar-refractivity contribution < 1.29 is 31.2 Å². The fourth-order valence-electron chi connectivity index (χ4n) is 3.52. The maximum atomic E-state index is 13.0. The van der Waals surface area contributed by atoms with Gasteiger partial charge in [-0.05, 0) is 24.3 Å². The van der Waals surface area contributed by atoms with Gasteiger partial charge in [0.15, 0.2) is 0 Å². The van der Waals surface area contributed by atoms with Crippen molar-refractivity contribution >= 4 is 31.4 Å². The number of benzene rings is 2. The molecule has 34 heavy (non-hydrogen) atoms. The van der Waals surface area contributed by atoms with Crippen molar-refractivity contribution in [3.8, 4) is 5.75 Å². The number of rotatable bonds is 10. The Kier molecular flexibility index (Phi) is 8.09. The summed E-state index contributed by atoms with van der Waals surface area (Å²) in [6, 6.07) is 9.39. The smallest absolute Gasteiger partial charge is 0.270 e. The molecule has 0 aromatic heterocycles. The number of nitrogens with zero attached hydrogens (tertiary/aromatic N) is 3. The minimum atomic E-state index is -3.93. The van der Waals surface area contributed by atoms with Gasteiger partial charge in [-0.3, -0.25) is 10.1 Å². The lowest BCUT2D eigenvalue weighted by Gasteiger charge is -2.36. The van der Waals surface area contributed by atoms with E-state index in [0.717, 1.165) is 6.07 Å². The third-order valence-corrected chi connectivity index (χ3v) is 8.66. The van der Waals surface area contributed by atoms with Crippen molar-refractivity contribution in [1.29, 1.82) is 0 Å². The molecule has 186 valence electrons. The van der Waals surface area contributed by atoms with Crippen molar-refractivity contribution in [3.05, 3.63) is 52.6 Å². The van der Waals surface area contributed by atoms with Crippen molar-refractivity contribution in [1.82, 2.24) is 9.03 Å². The Bertz CT molecular complexity index is 1240. The first-order valence-electron chi connectivity index (χ1n) is 10.3. The van der Waals surface area contributed by atoms with Gasteiger partial charge in [-0.25, -0.2) is 21.6 Å². The molecule has 0 atom stereocenters. The quantitative estimate of drug-likeness (QED) is 0.279. The molecular formula is C20H26N4O8S2. The number of hydrogen-bond acceptors (Lipinski definition) is 9. The number of hydrogen-bond donors (Lipinski definition) is 1. The number of anilines is 1. The zero-order valence-corrected chi connectivity index (χ0v) is 20.3. The minimum Gasteiger partial charge on any atom is -0.495 e. The van der Waals surface area contributed by atoms with Crippen LogP contribution in [-0.2, 0) is 24.8 Å². The molecule has 0 unspecified atom stereocenters. The largest absolute Gasteiger partial charge is 0.495 e. The van der Waals surface area contributed by atoms with Crippen LogP contribution in [-0.4, -0.2) is 79.6 Å². The average molecular weight is 515 g/mol. The van der Waals surface area contributed by atoms with Crippen LogP contribution in [0.1, 0.15) is 0 Å². The second kappa shape index (κ2) is 10.7. The second-order valence-electron chi connectivity index (χ2n) is 7.37. The van der Waals surface area contributed by atoms with E-state index in [1.165, 1.54) is 48.9 Å². The van der Waals surface area contributed by atoms with Crippen LogP contribution < -0.4 is 14.4 Å². The summed E-state index contributed by atoms with van der Waals surface area (Å²) in [4.78, 5) is 12.1. The van der Waals surface area contributed by atoms with Crippen molar-refractivity contribution in [2.45, 2.75) is 9.79 Å². The molecule has 1 saturated heterocycles. The Hall–Kier alpha value is -2.78. The van der Waals surface area contributed by atoms with Gasteiger partial charge in [-0.1, -0.05) is 6.07 Å². The molecule has 0 spiro atoms. The zero-order chi connectivity index (χ0) is 24.9. The van der Waals surface area contributed by atoms with Gasteiger partial charge in [-0.2, -0.15) is 4.31 Å². The Balaban J connectivity index is 1.79. The van der Waals surface area contributed by atoms with Gasteiger partial charge in [0.25, 0.3) is 5.69 Å². The van der Waals surface area contributed by atoms with E-state index < -0.39 is 25.0 Å². The fourth-order valence-corrected chi connectivity index (χ4v) is 6.02. The van der Waals surface area contributed by atoms with Crippen LogP contribution in [0.5, 0.6) is 5.75 Å². The average Bonchev–Trinajstić information content (AvgIpc) is 2.83. The van der Waals surface area contributed by atoms with Crippen LogP contribution in [0.4, 0.5) is 11.4 Å². The third kappa shape index (κ3) is 5.64. The number of nitro groups is 1. The highest BCUT2D eigenvalue weighted by atomic mass is 32.2. The van der Waals surface area contributed by atoms with E-state index in [-0.39, 0.29) is 54.8 Å². The first-order chi connectivity index (χ1) is 16.1. The number of sulfonamides is 2. The summed E-state index contributed by atoms with van der Waals surface area (Å²) < 4.78 is 65.2. The Labute approximate surface area is 198 Å². The molecule has 12 nitrogen and oxygen atoms in total. The molecule has 14 heteroatoms. The molecule has 2 aromatic rings. The van der Waals surface area contributed by atoms with E-state index in [1.807, 2.05) is 4.90 Å². The number of nitro benzene ring substituents is 1. The number of piperazine rings is 1. The highest BCUT2D eigenvalue weighted by molar-refractivity contribution is 7.89. The van der Waals surface area contributed by atoms with E-state index >= 15 is 0 Å². The highest BCUT2D eigenvalue weighted by Crippen LogP contribution is 2.32. The number of non-ortho nitro benzene ring substituents is 1. The summed E-state index contributed by atoms with van der Waals surface area (Å²) in [6.07, 6.45) is 0. The van der Waals surface area contributed by atoms with Crippen molar-refractivity contribution in [3.63, 3.8) is 0 Å². The topological polar surface area (TPSA) is 148 Å².